The molecule has 6 aliphatic rings. The van der Waals surface area contributed by atoms with Crippen LogP contribution in [0.5, 0.6) is 0 Å². The molecule has 18 atom stereocenters. The van der Waals surface area contributed by atoms with Gasteiger partial charge in [-0.3, -0.25) is 9.59 Å². The Kier molecular flexibility index (Phi) is 14.4. The fraction of sp³-hybridized carbons (Fsp3) is 0.864. The summed E-state index contributed by atoms with van der Waals surface area (Å²) in [5.41, 5.74) is 2.08. The number of ketones is 1. The van der Waals surface area contributed by atoms with Gasteiger partial charge in [0.1, 0.15) is 24.4 Å². The van der Waals surface area contributed by atoms with Crippen LogP contribution in [0.15, 0.2) is 23.3 Å². The van der Waals surface area contributed by atoms with Crippen LogP contribution in [0.2, 0.25) is 0 Å². The highest BCUT2D eigenvalue weighted by Gasteiger charge is 2.54. The number of cyclic esters (lactones) is 1. The lowest BCUT2D eigenvalue weighted by molar-refractivity contribution is -0.314. The minimum absolute atomic E-state index is 0.0320. The van der Waals surface area contributed by atoms with Gasteiger partial charge in [0.25, 0.3) is 0 Å². The van der Waals surface area contributed by atoms with Crippen molar-refractivity contribution in [3.05, 3.63) is 23.3 Å². The van der Waals surface area contributed by atoms with E-state index in [1.807, 2.05) is 13.8 Å². The lowest BCUT2D eigenvalue weighted by atomic mass is 9.67. The number of carbonyl (C=O) groups is 2. The number of rotatable bonds is 10. The van der Waals surface area contributed by atoms with Crippen LogP contribution in [0.1, 0.15) is 99.3 Å². The van der Waals surface area contributed by atoms with E-state index in [0.717, 1.165) is 50.5 Å². The summed E-state index contributed by atoms with van der Waals surface area (Å²) < 4.78 is 50.1. The van der Waals surface area contributed by atoms with Crippen molar-refractivity contribution >= 4 is 11.8 Å². The van der Waals surface area contributed by atoms with Crippen molar-refractivity contribution < 1.29 is 47.5 Å². The maximum atomic E-state index is 14.8. The van der Waals surface area contributed by atoms with E-state index in [1.165, 1.54) is 5.57 Å². The largest absolute Gasteiger partial charge is 0.462 e. The molecule has 3 aliphatic carbocycles. The minimum Gasteiger partial charge on any atom is -0.462 e. The average molecular weight is 774 g/mol. The van der Waals surface area contributed by atoms with Crippen LogP contribution in [0.3, 0.4) is 0 Å². The molecule has 6 rings (SSSR count). The Balaban J connectivity index is 1.25. The predicted octanol–water partition coefficient (Wildman–Crippen LogP) is 6.51. The van der Waals surface area contributed by atoms with Gasteiger partial charge in [-0.05, 0) is 115 Å². The van der Waals surface area contributed by atoms with Crippen molar-refractivity contribution in [2.45, 2.75) is 167 Å². The zero-order valence-electron chi connectivity index (χ0n) is 35.4. The smallest absolute Gasteiger partial charge is 0.306 e. The number of esters is 1. The molecule has 3 heterocycles. The zero-order chi connectivity index (χ0) is 39.7. The van der Waals surface area contributed by atoms with Crippen LogP contribution in [0.4, 0.5) is 0 Å². The van der Waals surface area contributed by atoms with Gasteiger partial charge < -0.3 is 42.8 Å². The second-order valence-electron chi connectivity index (χ2n) is 17.9. The molecule has 312 valence electrons. The zero-order valence-corrected chi connectivity index (χ0v) is 35.4. The lowest BCUT2D eigenvalue weighted by Crippen LogP contribution is -2.59. The van der Waals surface area contributed by atoms with Gasteiger partial charge in [-0.2, -0.15) is 0 Å². The molecule has 0 amide bonds. The Labute approximate surface area is 330 Å². The van der Waals surface area contributed by atoms with Crippen molar-refractivity contribution in [3.8, 4) is 0 Å². The number of ether oxygens (including phenoxy) is 8. The fourth-order valence-electron chi connectivity index (χ4n) is 11.1. The second-order valence-corrected chi connectivity index (χ2v) is 17.9. The first-order valence-electron chi connectivity index (χ1n) is 21.3. The molecule has 3 aliphatic heterocycles. The molecule has 0 spiro atoms. The lowest BCUT2D eigenvalue weighted by Gasteiger charge is -2.44. The highest BCUT2D eigenvalue weighted by atomic mass is 16.7. The van der Waals surface area contributed by atoms with E-state index in [9.17, 15) is 9.59 Å². The number of fused-ring (bicyclic) bond motifs is 5. The highest BCUT2D eigenvalue weighted by Crippen LogP contribution is 2.56. The van der Waals surface area contributed by atoms with Gasteiger partial charge in [0.05, 0.1) is 30.8 Å². The van der Waals surface area contributed by atoms with Crippen LogP contribution in [-0.2, 0) is 47.5 Å². The Hall–Kier alpha value is -1.70. The van der Waals surface area contributed by atoms with Gasteiger partial charge in [-0.15, -0.1) is 0 Å². The van der Waals surface area contributed by atoms with Crippen molar-refractivity contribution in [2.75, 3.05) is 35.4 Å². The first-order valence-corrected chi connectivity index (χ1v) is 21.3. The molecule has 0 unspecified atom stereocenters. The molecular formula is C44H71NO10. The molecule has 1 saturated carbocycles. The van der Waals surface area contributed by atoms with Crippen LogP contribution >= 0.6 is 0 Å². The molecule has 4 fully saturated rings. The third-order valence-corrected chi connectivity index (χ3v) is 14.4. The number of allylic oxidation sites excluding steroid dienone is 4. The van der Waals surface area contributed by atoms with Gasteiger partial charge >= 0.3 is 5.97 Å². The molecule has 11 nitrogen and oxygen atoms in total. The van der Waals surface area contributed by atoms with Crippen molar-refractivity contribution in [2.24, 2.45) is 41.4 Å². The van der Waals surface area contributed by atoms with Crippen LogP contribution in [0.25, 0.3) is 0 Å². The van der Waals surface area contributed by atoms with E-state index in [1.54, 1.807) is 21.3 Å². The summed E-state index contributed by atoms with van der Waals surface area (Å²) in [4.78, 5) is 30.9. The van der Waals surface area contributed by atoms with Gasteiger partial charge in [0, 0.05) is 39.2 Å². The summed E-state index contributed by atoms with van der Waals surface area (Å²) >= 11 is 0. The van der Waals surface area contributed by atoms with E-state index in [0.29, 0.717) is 18.4 Å². The van der Waals surface area contributed by atoms with Crippen LogP contribution in [-0.4, -0.2) is 120 Å². The van der Waals surface area contributed by atoms with Crippen LogP contribution < -0.4 is 0 Å². The molecule has 0 radical (unpaired) electrons. The number of hydrogen-bond donors (Lipinski definition) is 0. The van der Waals surface area contributed by atoms with E-state index in [2.05, 4.69) is 58.8 Å². The number of carbonyl (C=O) groups excluding carboxylic acids is 2. The Morgan fingerprint density at radius 1 is 0.836 bits per heavy atom. The average Bonchev–Trinajstić information content (AvgIpc) is 3.74. The standard InChI is InChI=1S/C44H71NO10/c1-12-23(2)36-14-13-15-37(55-39-17-16-35(45(7)8)26(5)51-39)25(4)40(47)34-21-32-30(33(34)22-38(46)54-36)18-24(3)29-19-28(20-31(29)32)53-44-43(50-11)42(49-10)41(48-9)27(6)52-44/h18,21,23,25-33,35-37,39,41-44H,12-17,19-20,22H2,1-11H3/t23-,25+,26+,27-,28+,29-,30+,31+,32+,33-,35-,36+,37-,39-,41-,42+,43+,44-/m0/s1. The van der Waals surface area contributed by atoms with Gasteiger partial charge in [-0.1, -0.05) is 44.9 Å². The summed E-state index contributed by atoms with van der Waals surface area (Å²) in [6.07, 6.45) is 8.69. The summed E-state index contributed by atoms with van der Waals surface area (Å²) in [5.74, 6) is 0.218. The molecular weight excluding hydrogens is 702 g/mol. The number of nitrogens with zero attached hydrogens (tertiary/aromatic N) is 1. The van der Waals surface area contributed by atoms with Crippen LogP contribution in [0, 0.1) is 41.4 Å². The quantitative estimate of drug-likeness (QED) is 0.179. The first-order chi connectivity index (χ1) is 26.3. The van der Waals surface area contributed by atoms with Crippen molar-refractivity contribution in [3.63, 3.8) is 0 Å². The van der Waals surface area contributed by atoms with Crippen molar-refractivity contribution in [1.82, 2.24) is 4.90 Å². The normalized spacial score (nSPS) is 44.7. The highest BCUT2D eigenvalue weighted by molar-refractivity contribution is 5.99. The topological polar surface area (TPSA) is 111 Å². The molecule has 0 N–H and O–H groups in total. The molecule has 0 bridgehead atoms. The molecule has 0 aromatic rings. The number of hydrogen-bond acceptors (Lipinski definition) is 11. The Morgan fingerprint density at radius 3 is 2.22 bits per heavy atom. The maximum Gasteiger partial charge on any atom is 0.306 e. The summed E-state index contributed by atoms with van der Waals surface area (Å²) in [6.45, 7) is 12.7. The third-order valence-electron chi connectivity index (χ3n) is 14.4. The first kappa shape index (κ1) is 42.9. The monoisotopic (exact) mass is 774 g/mol. The number of Topliss-reactive ketones (excluding diaryl/α,β-unsaturated/α-hetero) is 1. The second kappa shape index (κ2) is 18.5. The maximum absolute atomic E-state index is 14.8. The van der Waals surface area contributed by atoms with E-state index in [-0.39, 0.29) is 103 Å². The fourth-order valence-corrected chi connectivity index (χ4v) is 11.1. The summed E-state index contributed by atoms with van der Waals surface area (Å²) in [6, 6.07) is 0.334. The Bertz CT molecular complexity index is 1380. The number of methoxy groups -OCH3 is 3. The van der Waals surface area contributed by atoms with Gasteiger partial charge in [0.15, 0.2) is 18.4 Å². The molecule has 3 saturated heterocycles. The third kappa shape index (κ3) is 8.99. The summed E-state index contributed by atoms with van der Waals surface area (Å²) in [5, 5.41) is 0. The van der Waals surface area contributed by atoms with E-state index >= 15 is 0 Å². The van der Waals surface area contributed by atoms with E-state index < -0.39 is 12.4 Å². The molecule has 0 aromatic heterocycles. The minimum atomic E-state index is -0.601. The van der Waals surface area contributed by atoms with Gasteiger partial charge in [0.2, 0.25) is 0 Å². The van der Waals surface area contributed by atoms with E-state index in [4.69, 9.17) is 37.9 Å². The summed E-state index contributed by atoms with van der Waals surface area (Å²) in [7, 11) is 9.18. The van der Waals surface area contributed by atoms with Crippen molar-refractivity contribution in [1.29, 1.82) is 0 Å². The number of likely N-dealkylation sites (N-methyl/N-ethyl adjacent to an activating group) is 1. The SMILES string of the molecule is CC[C@H](C)[C@H]1CCC[C@H](O[C@H]2CC[C@H](N(C)C)[C@@H](C)O2)[C@@H](C)C(=O)C2=C[C@@H]3[C@@H](C=C(C)[C@@H]4C[C@@H](O[C@@H]5O[C@@H](C)[C@H](OC)[C@@H](OC)[C@H]5OC)C[C@@H]34)[C@@H]2CC(=O)O1. The predicted molar refractivity (Wildman–Crippen MR) is 208 cm³/mol. The molecule has 55 heavy (non-hydrogen) atoms. The Morgan fingerprint density at radius 2 is 1.56 bits per heavy atom. The van der Waals surface area contributed by atoms with Gasteiger partial charge in [-0.25, -0.2) is 0 Å². The molecule has 0 aromatic carbocycles. The molecule has 11 heteroatoms.